The Bertz CT molecular complexity index is 510. The van der Waals surface area contributed by atoms with E-state index >= 15 is 0 Å². The van der Waals surface area contributed by atoms with Crippen molar-refractivity contribution in [2.75, 3.05) is 16.8 Å². The van der Waals surface area contributed by atoms with Crippen molar-refractivity contribution in [3.8, 4) is 0 Å². The van der Waals surface area contributed by atoms with Crippen LogP contribution in [0.25, 0.3) is 0 Å². The first kappa shape index (κ1) is 10.2. The highest BCUT2D eigenvalue weighted by molar-refractivity contribution is 5.75. The summed E-state index contributed by atoms with van der Waals surface area (Å²) in [5, 5.41) is 2.99. The van der Waals surface area contributed by atoms with E-state index in [9.17, 15) is 0 Å². The Morgan fingerprint density at radius 2 is 2.00 bits per heavy atom. The summed E-state index contributed by atoms with van der Waals surface area (Å²) in [6.07, 6.45) is 3.06. The van der Waals surface area contributed by atoms with Crippen LogP contribution in [0.15, 0.2) is 24.7 Å². The van der Waals surface area contributed by atoms with Gasteiger partial charge in [0.05, 0.1) is 0 Å². The molecule has 0 bridgehead atoms. The highest BCUT2D eigenvalue weighted by Gasteiger charge is 2.05. The van der Waals surface area contributed by atoms with E-state index in [1.54, 1.807) is 6.20 Å². The average Bonchev–Trinajstić information content (AvgIpc) is 2.25. The smallest absolute Gasteiger partial charge is 0.160 e. The first-order chi connectivity index (χ1) is 7.66. The van der Waals surface area contributed by atoms with Crippen LogP contribution >= 0.6 is 0 Å². The molecule has 6 nitrogen and oxygen atoms in total. The number of anilines is 4. The maximum absolute atomic E-state index is 5.73. The zero-order valence-electron chi connectivity index (χ0n) is 8.81. The van der Waals surface area contributed by atoms with Gasteiger partial charge in [-0.3, -0.25) is 0 Å². The summed E-state index contributed by atoms with van der Waals surface area (Å²) in [6, 6.07) is 3.79. The Morgan fingerprint density at radius 3 is 2.75 bits per heavy atom. The van der Waals surface area contributed by atoms with Gasteiger partial charge in [0.1, 0.15) is 17.8 Å². The van der Waals surface area contributed by atoms with Crippen LogP contribution in [0, 0.1) is 6.92 Å². The maximum atomic E-state index is 5.73. The number of hydrogen-bond donors (Lipinski definition) is 3. The molecular weight excluding hydrogens is 204 g/mol. The minimum Gasteiger partial charge on any atom is -0.393 e. The fourth-order valence-corrected chi connectivity index (χ4v) is 1.23. The molecule has 0 amide bonds. The van der Waals surface area contributed by atoms with Crippen LogP contribution in [0.3, 0.4) is 0 Å². The Balaban J connectivity index is 2.31. The van der Waals surface area contributed by atoms with E-state index in [0.717, 1.165) is 5.56 Å². The van der Waals surface area contributed by atoms with Gasteiger partial charge in [0.25, 0.3) is 0 Å². The number of rotatable bonds is 2. The van der Waals surface area contributed by atoms with Gasteiger partial charge in [-0.25, -0.2) is 15.0 Å². The van der Waals surface area contributed by atoms with Gasteiger partial charge in [0.15, 0.2) is 11.6 Å². The molecule has 0 aliphatic heterocycles. The lowest BCUT2D eigenvalue weighted by molar-refractivity contribution is 1.17. The second-order valence-electron chi connectivity index (χ2n) is 3.36. The molecule has 0 fully saturated rings. The lowest BCUT2D eigenvalue weighted by Crippen LogP contribution is -2.05. The highest BCUT2D eigenvalue weighted by Crippen LogP contribution is 2.22. The molecule has 0 spiro atoms. The van der Waals surface area contributed by atoms with E-state index in [1.165, 1.54) is 6.33 Å². The molecule has 6 heteroatoms. The molecule has 0 saturated heterocycles. The van der Waals surface area contributed by atoms with E-state index in [2.05, 4.69) is 20.3 Å². The second-order valence-corrected chi connectivity index (χ2v) is 3.36. The zero-order valence-corrected chi connectivity index (χ0v) is 8.81. The van der Waals surface area contributed by atoms with Crippen molar-refractivity contribution in [3.05, 3.63) is 30.2 Å². The molecule has 0 aliphatic rings. The van der Waals surface area contributed by atoms with Gasteiger partial charge in [0.2, 0.25) is 0 Å². The second kappa shape index (κ2) is 4.01. The Kier molecular flexibility index (Phi) is 2.55. The van der Waals surface area contributed by atoms with E-state index in [-0.39, 0.29) is 5.82 Å². The lowest BCUT2D eigenvalue weighted by atomic mass is 10.3. The van der Waals surface area contributed by atoms with Gasteiger partial charge in [-0.15, -0.1) is 0 Å². The molecule has 16 heavy (non-hydrogen) atoms. The van der Waals surface area contributed by atoms with Gasteiger partial charge in [-0.05, 0) is 24.6 Å². The third-order valence-corrected chi connectivity index (χ3v) is 2.08. The van der Waals surface area contributed by atoms with Crippen LogP contribution in [-0.2, 0) is 0 Å². The molecular formula is C10H12N6. The zero-order chi connectivity index (χ0) is 11.5. The van der Waals surface area contributed by atoms with Crippen molar-refractivity contribution < 1.29 is 0 Å². The van der Waals surface area contributed by atoms with Crippen LogP contribution in [-0.4, -0.2) is 15.0 Å². The Hall–Kier alpha value is -2.37. The first-order valence-electron chi connectivity index (χ1n) is 4.72. The lowest BCUT2D eigenvalue weighted by Gasteiger charge is -2.08. The fraction of sp³-hybridized carbons (Fsp3) is 0.100. The molecule has 2 aromatic rings. The summed E-state index contributed by atoms with van der Waals surface area (Å²) < 4.78 is 0. The monoisotopic (exact) mass is 216 g/mol. The number of pyridine rings is 1. The van der Waals surface area contributed by atoms with Gasteiger partial charge in [0, 0.05) is 6.20 Å². The standard InChI is InChI=1S/C10H12N6/c1-6-2-3-13-7(4-6)16-10-8(11)9(12)14-5-15-10/h2-5H,11H2,1H3,(H3,12,13,14,15,16). The molecule has 2 rings (SSSR count). The van der Waals surface area contributed by atoms with E-state index in [4.69, 9.17) is 11.5 Å². The van der Waals surface area contributed by atoms with Crippen LogP contribution < -0.4 is 16.8 Å². The third kappa shape index (κ3) is 2.00. The van der Waals surface area contributed by atoms with Gasteiger partial charge in [-0.1, -0.05) is 0 Å². The quantitative estimate of drug-likeness (QED) is 0.694. The van der Waals surface area contributed by atoms with E-state index < -0.39 is 0 Å². The number of nitrogens with two attached hydrogens (primary N) is 2. The molecule has 2 aromatic heterocycles. The summed E-state index contributed by atoms with van der Waals surface area (Å²) in [6.45, 7) is 1.98. The molecule has 82 valence electrons. The summed E-state index contributed by atoms with van der Waals surface area (Å²) in [7, 11) is 0. The van der Waals surface area contributed by atoms with Crippen LogP contribution in [0.5, 0.6) is 0 Å². The van der Waals surface area contributed by atoms with Crippen LogP contribution in [0.1, 0.15) is 5.56 Å². The Labute approximate surface area is 92.7 Å². The summed E-state index contributed by atoms with van der Waals surface area (Å²) in [5.41, 5.74) is 12.7. The van der Waals surface area contributed by atoms with Gasteiger partial charge < -0.3 is 16.8 Å². The van der Waals surface area contributed by atoms with Crippen molar-refractivity contribution in [2.45, 2.75) is 6.92 Å². The SMILES string of the molecule is Cc1ccnc(Nc2ncnc(N)c2N)c1. The predicted octanol–water partition coefficient (Wildman–Crippen LogP) is 1.09. The minimum absolute atomic E-state index is 0.255. The Morgan fingerprint density at radius 1 is 1.19 bits per heavy atom. The number of aryl methyl sites for hydroxylation is 1. The predicted molar refractivity (Wildman–Crippen MR) is 63.1 cm³/mol. The topological polar surface area (TPSA) is 103 Å². The number of nitrogen functional groups attached to an aromatic ring is 2. The molecule has 0 radical (unpaired) electrons. The van der Waals surface area contributed by atoms with Gasteiger partial charge in [-0.2, -0.15) is 0 Å². The molecule has 0 saturated carbocycles. The van der Waals surface area contributed by atoms with E-state index in [1.807, 2.05) is 19.1 Å². The number of hydrogen-bond acceptors (Lipinski definition) is 6. The molecule has 5 N–H and O–H groups in total. The van der Waals surface area contributed by atoms with Crippen molar-refractivity contribution in [3.63, 3.8) is 0 Å². The largest absolute Gasteiger partial charge is 0.393 e. The first-order valence-corrected chi connectivity index (χ1v) is 4.72. The summed E-state index contributed by atoms with van der Waals surface area (Å²) >= 11 is 0. The number of aromatic nitrogens is 3. The fourth-order valence-electron chi connectivity index (χ4n) is 1.23. The summed E-state index contributed by atoms with van der Waals surface area (Å²) in [5.74, 6) is 1.39. The van der Waals surface area contributed by atoms with Crippen molar-refractivity contribution in [1.29, 1.82) is 0 Å². The van der Waals surface area contributed by atoms with Crippen molar-refractivity contribution >= 4 is 23.1 Å². The maximum Gasteiger partial charge on any atom is 0.160 e. The number of nitrogens with one attached hydrogen (secondary N) is 1. The van der Waals surface area contributed by atoms with Crippen molar-refractivity contribution in [2.24, 2.45) is 0 Å². The minimum atomic E-state index is 0.255. The van der Waals surface area contributed by atoms with Crippen LogP contribution in [0.4, 0.5) is 23.1 Å². The van der Waals surface area contributed by atoms with Gasteiger partial charge >= 0.3 is 0 Å². The molecule has 0 aliphatic carbocycles. The average molecular weight is 216 g/mol. The van der Waals surface area contributed by atoms with E-state index in [0.29, 0.717) is 17.3 Å². The third-order valence-electron chi connectivity index (χ3n) is 2.08. The number of nitrogens with zero attached hydrogens (tertiary/aromatic N) is 3. The van der Waals surface area contributed by atoms with Crippen LogP contribution in [0.2, 0.25) is 0 Å². The molecule has 0 atom stereocenters. The molecule has 0 aromatic carbocycles. The van der Waals surface area contributed by atoms with Crippen molar-refractivity contribution in [1.82, 2.24) is 15.0 Å². The molecule has 2 heterocycles. The molecule has 0 unspecified atom stereocenters. The summed E-state index contributed by atoms with van der Waals surface area (Å²) in [4.78, 5) is 11.9. The normalized spacial score (nSPS) is 10.1. The highest BCUT2D eigenvalue weighted by atomic mass is 15.1.